The molecule has 4 nitrogen and oxygen atoms in total. The molecule has 0 aromatic carbocycles. The van der Waals surface area contributed by atoms with E-state index in [4.69, 9.17) is 4.74 Å². The smallest absolute Gasteiger partial charge is 0.0674 e. The van der Waals surface area contributed by atoms with Crippen LogP contribution in [0.3, 0.4) is 0 Å². The van der Waals surface area contributed by atoms with Crippen LogP contribution in [0.1, 0.15) is 52.9 Å². The van der Waals surface area contributed by atoms with Crippen molar-refractivity contribution in [3.63, 3.8) is 0 Å². The van der Waals surface area contributed by atoms with Gasteiger partial charge in [-0.25, -0.2) is 0 Å². The molecule has 4 heteroatoms. The summed E-state index contributed by atoms with van der Waals surface area (Å²) in [5.74, 6) is 0. The molecule has 2 fully saturated rings. The number of hydrogen-bond donors (Lipinski definition) is 2. The highest BCUT2D eigenvalue weighted by Crippen LogP contribution is 2.32. The van der Waals surface area contributed by atoms with Crippen LogP contribution >= 0.6 is 0 Å². The molecule has 2 rings (SSSR count). The molecule has 0 amide bonds. The SMILES string of the molecule is CC(C)NC1(CO)CCCC(N2CCCOC(C)C2)C1. The molecule has 0 bridgehead atoms. The average molecular weight is 284 g/mol. The van der Waals surface area contributed by atoms with Crippen LogP contribution in [-0.4, -0.2) is 60.0 Å². The maximum absolute atomic E-state index is 9.91. The predicted molar refractivity (Wildman–Crippen MR) is 81.9 cm³/mol. The zero-order valence-electron chi connectivity index (χ0n) is 13.4. The van der Waals surface area contributed by atoms with Crippen LogP contribution in [0.25, 0.3) is 0 Å². The van der Waals surface area contributed by atoms with E-state index >= 15 is 0 Å². The minimum atomic E-state index is -0.0759. The highest BCUT2D eigenvalue weighted by molar-refractivity contribution is 4.97. The molecule has 3 unspecified atom stereocenters. The summed E-state index contributed by atoms with van der Waals surface area (Å²) in [5.41, 5.74) is -0.0759. The molecule has 1 aliphatic carbocycles. The van der Waals surface area contributed by atoms with Crippen molar-refractivity contribution in [2.24, 2.45) is 0 Å². The third kappa shape index (κ3) is 4.17. The van der Waals surface area contributed by atoms with Crippen molar-refractivity contribution < 1.29 is 9.84 Å². The van der Waals surface area contributed by atoms with Crippen molar-refractivity contribution in [1.29, 1.82) is 0 Å². The van der Waals surface area contributed by atoms with Crippen LogP contribution in [0.5, 0.6) is 0 Å². The van der Waals surface area contributed by atoms with E-state index in [2.05, 4.69) is 31.0 Å². The largest absolute Gasteiger partial charge is 0.394 e. The van der Waals surface area contributed by atoms with Crippen molar-refractivity contribution in [3.8, 4) is 0 Å². The predicted octanol–water partition coefficient (Wildman–Crippen LogP) is 1.77. The van der Waals surface area contributed by atoms with Gasteiger partial charge in [0.1, 0.15) is 0 Å². The number of hydrogen-bond acceptors (Lipinski definition) is 4. The van der Waals surface area contributed by atoms with Crippen LogP contribution in [0.4, 0.5) is 0 Å². The molecule has 0 aromatic rings. The van der Waals surface area contributed by atoms with Crippen LogP contribution in [0.2, 0.25) is 0 Å². The van der Waals surface area contributed by atoms with Gasteiger partial charge in [-0.15, -0.1) is 0 Å². The van der Waals surface area contributed by atoms with E-state index in [0.29, 0.717) is 18.2 Å². The summed E-state index contributed by atoms with van der Waals surface area (Å²) in [6.45, 7) is 9.83. The van der Waals surface area contributed by atoms with Gasteiger partial charge in [0, 0.05) is 37.3 Å². The maximum atomic E-state index is 9.91. The monoisotopic (exact) mass is 284 g/mol. The van der Waals surface area contributed by atoms with Crippen molar-refractivity contribution in [2.45, 2.75) is 76.6 Å². The molecule has 3 atom stereocenters. The lowest BCUT2D eigenvalue weighted by molar-refractivity contribution is 0.0321. The summed E-state index contributed by atoms with van der Waals surface area (Å²) < 4.78 is 5.76. The summed E-state index contributed by atoms with van der Waals surface area (Å²) in [6, 6.07) is 1.01. The van der Waals surface area contributed by atoms with Gasteiger partial charge in [0.05, 0.1) is 12.7 Å². The summed E-state index contributed by atoms with van der Waals surface area (Å²) in [5, 5.41) is 13.5. The topological polar surface area (TPSA) is 44.7 Å². The third-order valence-corrected chi connectivity index (χ3v) is 4.72. The summed E-state index contributed by atoms with van der Waals surface area (Å²) in [7, 11) is 0. The van der Waals surface area contributed by atoms with Crippen LogP contribution in [0.15, 0.2) is 0 Å². The molecule has 0 radical (unpaired) electrons. The molecule has 1 aliphatic heterocycles. The molecule has 0 spiro atoms. The lowest BCUT2D eigenvalue weighted by Crippen LogP contribution is -2.58. The summed E-state index contributed by atoms with van der Waals surface area (Å²) in [6.07, 6.45) is 6.09. The second kappa shape index (κ2) is 7.21. The van der Waals surface area contributed by atoms with Gasteiger partial charge in [-0.1, -0.05) is 13.8 Å². The first-order chi connectivity index (χ1) is 9.54. The summed E-state index contributed by atoms with van der Waals surface area (Å²) in [4.78, 5) is 2.60. The zero-order chi connectivity index (χ0) is 14.6. The second-order valence-electron chi connectivity index (χ2n) is 7.02. The first-order valence-corrected chi connectivity index (χ1v) is 8.29. The van der Waals surface area contributed by atoms with Gasteiger partial charge in [-0.3, -0.25) is 4.90 Å². The normalized spacial score (nSPS) is 37.0. The quantitative estimate of drug-likeness (QED) is 0.826. The van der Waals surface area contributed by atoms with E-state index in [-0.39, 0.29) is 12.1 Å². The number of aliphatic hydroxyl groups is 1. The first-order valence-electron chi connectivity index (χ1n) is 8.29. The van der Waals surface area contributed by atoms with Crippen LogP contribution in [0, 0.1) is 0 Å². The van der Waals surface area contributed by atoms with Gasteiger partial charge in [0.15, 0.2) is 0 Å². The van der Waals surface area contributed by atoms with Crippen molar-refractivity contribution in [1.82, 2.24) is 10.2 Å². The standard InChI is InChI=1S/C16H32N2O2/c1-13(2)17-16(12-19)7-4-6-15(10-16)18-8-5-9-20-14(3)11-18/h13-15,17,19H,4-12H2,1-3H3. The molecular formula is C16H32N2O2. The number of nitrogens with zero attached hydrogens (tertiary/aromatic N) is 1. The molecule has 1 heterocycles. The van der Waals surface area contributed by atoms with E-state index in [1.807, 2.05) is 0 Å². The van der Waals surface area contributed by atoms with E-state index in [1.165, 1.54) is 12.8 Å². The molecule has 2 aliphatic rings. The fraction of sp³-hybridized carbons (Fsp3) is 1.00. The van der Waals surface area contributed by atoms with E-state index in [0.717, 1.165) is 39.0 Å². The number of ether oxygens (including phenoxy) is 1. The fourth-order valence-corrected chi connectivity index (χ4v) is 3.93. The minimum Gasteiger partial charge on any atom is -0.394 e. The molecule has 1 saturated heterocycles. The van der Waals surface area contributed by atoms with Crippen molar-refractivity contribution in [3.05, 3.63) is 0 Å². The van der Waals surface area contributed by atoms with Gasteiger partial charge in [-0.2, -0.15) is 0 Å². The fourth-order valence-electron chi connectivity index (χ4n) is 3.93. The van der Waals surface area contributed by atoms with Gasteiger partial charge >= 0.3 is 0 Å². The number of nitrogens with one attached hydrogen (secondary N) is 1. The zero-order valence-corrected chi connectivity index (χ0v) is 13.4. The van der Waals surface area contributed by atoms with Gasteiger partial charge < -0.3 is 15.2 Å². The van der Waals surface area contributed by atoms with Crippen LogP contribution < -0.4 is 5.32 Å². The Morgan fingerprint density at radius 1 is 1.40 bits per heavy atom. The van der Waals surface area contributed by atoms with Gasteiger partial charge in [-0.05, 0) is 39.0 Å². The average Bonchev–Trinajstić information content (AvgIpc) is 2.63. The van der Waals surface area contributed by atoms with E-state index < -0.39 is 0 Å². The highest BCUT2D eigenvalue weighted by Gasteiger charge is 2.38. The van der Waals surface area contributed by atoms with Crippen molar-refractivity contribution in [2.75, 3.05) is 26.3 Å². The Kier molecular flexibility index (Phi) is 5.84. The minimum absolute atomic E-state index is 0.0759. The number of aliphatic hydroxyl groups excluding tert-OH is 1. The molecule has 1 saturated carbocycles. The van der Waals surface area contributed by atoms with E-state index in [9.17, 15) is 5.11 Å². The third-order valence-electron chi connectivity index (χ3n) is 4.72. The Labute approximate surface area is 123 Å². The second-order valence-corrected chi connectivity index (χ2v) is 7.02. The number of rotatable bonds is 4. The van der Waals surface area contributed by atoms with Crippen molar-refractivity contribution >= 4 is 0 Å². The Morgan fingerprint density at radius 3 is 2.90 bits per heavy atom. The molecule has 0 aromatic heterocycles. The molecule has 20 heavy (non-hydrogen) atoms. The lowest BCUT2D eigenvalue weighted by Gasteiger charge is -2.45. The van der Waals surface area contributed by atoms with E-state index in [1.54, 1.807) is 0 Å². The maximum Gasteiger partial charge on any atom is 0.0674 e. The lowest BCUT2D eigenvalue weighted by atomic mass is 9.78. The Hall–Kier alpha value is -0.160. The molecule has 2 N–H and O–H groups in total. The van der Waals surface area contributed by atoms with Crippen LogP contribution in [-0.2, 0) is 4.74 Å². The van der Waals surface area contributed by atoms with Gasteiger partial charge in [0.2, 0.25) is 0 Å². The highest BCUT2D eigenvalue weighted by atomic mass is 16.5. The first kappa shape index (κ1) is 16.2. The van der Waals surface area contributed by atoms with Gasteiger partial charge in [0.25, 0.3) is 0 Å². The molecule has 118 valence electrons. The Bertz CT molecular complexity index is 298. The Morgan fingerprint density at radius 2 is 2.20 bits per heavy atom. The summed E-state index contributed by atoms with van der Waals surface area (Å²) >= 11 is 0. The molecular weight excluding hydrogens is 252 g/mol. The Balaban J connectivity index is 2.00.